The van der Waals surface area contributed by atoms with Crippen LogP contribution in [0.3, 0.4) is 0 Å². The minimum atomic E-state index is -0.155. The average Bonchev–Trinajstić information content (AvgIpc) is 3.66. The van der Waals surface area contributed by atoms with Gasteiger partial charge in [-0.05, 0) is 55.6 Å². The molecule has 0 atom stereocenters. The summed E-state index contributed by atoms with van der Waals surface area (Å²) in [5, 5.41) is 10.3. The molecule has 0 radical (unpaired) electrons. The van der Waals surface area contributed by atoms with Gasteiger partial charge in [0, 0.05) is 27.3 Å². The normalized spacial score (nSPS) is 13.3. The number of hydrogen-bond donors (Lipinski definition) is 0. The standard InChI is InChI=1S/C42H38B10N4/c1-42(2)19-11-5-9-17-15-7-3-4-8-16(15)18-10-6-12-21-24(18)26-22(14-13-20(42)25(26)23(17)19)56(21)41-54-39(27-29(43)33(47)37(51)34(48)30(27)44)53-40(55-41)28-31(45)35(49)38(52)36(50)32(28)46/h3-14H,43-52H2,1-2H3. The highest BCUT2D eigenvalue weighted by molar-refractivity contribution is 6.70. The fourth-order valence-corrected chi connectivity index (χ4v) is 10.4. The average molecular weight is 707 g/mol. The topological polar surface area (TPSA) is 43.6 Å². The molecular formula is C42H38B10N4. The van der Waals surface area contributed by atoms with E-state index in [1.807, 2.05) is 0 Å². The quantitative estimate of drug-likeness (QED) is 0.172. The molecule has 0 N–H and O–H groups in total. The van der Waals surface area contributed by atoms with Crippen molar-refractivity contribution in [2.24, 2.45) is 0 Å². The fraction of sp³-hybridized carbons (Fsp3) is 0.0714. The molecule has 14 heteroatoms. The fourth-order valence-electron chi connectivity index (χ4n) is 10.4. The largest absolute Gasteiger partial charge is 0.278 e. The van der Waals surface area contributed by atoms with Gasteiger partial charge in [-0.15, -0.1) is 32.8 Å². The Hall–Kier alpha value is -5.22. The highest BCUT2D eigenvalue weighted by atomic mass is 15.2. The molecular weight excluding hydrogens is 669 g/mol. The molecule has 0 spiro atoms. The summed E-state index contributed by atoms with van der Waals surface area (Å²) in [6, 6.07) is 27.3. The maximum atomic E-state index is 5.55. The number of rotatable bonds is 3. The Kier molecular flexibility index (Phi) is 7.48. The number of aromatic nitrogens is 4. The number of benzene rings is 6. The second kappa shape index (κ2) is 11.9. The minimum Gasteiger partial charge on any atom is -0.278 e. The third-order valence-corrected chi connectivity index (χ3v) is 14.4. The van der Waals surface area contributed by atoms with Crippen molar-refractivity contribution in [2.75, 3.05) is 0 Å². The summed E-state index contributed by atoms with van der Waals surface area (Å²) in [5.74, 6) is 2.08. The van der Waals surface area contributed by atoms with E-state index in [0.717, 1.165) is 33.8 Å². The Morgan fingerprint density at radius 1 is 0.393 bits per heavy atom. The van der Waals surface area contributed by atoms with Gasteiger partial charge in [0.05, 0.1) is 11.0 Å². The predicted octanol–water partition coefficient (Wildman–Crippen LogP) is -7.01. The summed E-state index contributed by atoms with van der Waals surface area (Å²) in [6.45, 7) is 4.77. The van der Waals surface area contributed by atoms with Crippen LogP contribution in [0.4, 0.5) is 0 Å². The lowest BCUT2D eigenvalue weighted by Crippen LogP contribution is -2.55. The molecule has 9 aromatic rings. The Bertz CT molecular complexity index is 3150. The molecule has 10 rings (SSSR count). The van der Waals surface area contributed by atoms with Gasteiger partial charge in [0.1, 0.15) is 78.5 Å². The van der Waals surface area contributed by atoms with Crippen molar-refractivity contribution in [1.82, 2.24) is 19.5 Å². The molecule has 1 aliphatic carbocycles. The first-order chi connectivity index (χ1) is 26.7. The molecule has 7 aromatic carbocycles. The SMILES string of the molecule is Bc1c(B)c(B)c(-c2nc(-c3c(B)c(B)c(B)c(B)c3B)nc(-n3c4cccc5c6ccccc6c6cccc7c6c6c(ccc3c6c54)C7(C)C)n2)c(B)c1B. The van der Waals surface area contributed by atoms with E-state index in [2.05, 4.69) is 170 Å². The summed E-state index contributed by atoms with van der Waals surface area (Å²) in [6.07, 6.45) is 0. The zero-order chi connectivity index (χ0) is 39.3. The van der Waals surface area contributed by atoms with Crippen LogP contribution in [-0.2, 0) is 5.41 Å². The van der Waals surface area contributed by atoms with Crippen molar-refractivity contribution >= 4 is 187 Å². The van der Waals surface area contributed by atoms with E-state index in [0.29, 0.717) is 5.95 Å². The van der Waals surface area contributed by atoms with E-state index in [9.17, 15) is 0 Å². The molecule has 256 valence electrons. The maximum absolute atomic E-state index is 5.55. The molecule has 2 aromatic heterocycles. The number of nitrogens with zero attached hydrogens (tertiary/aromatic N) is 4. The molecule has 0 fully saturated rings. The molecule has 0 saturated heterocycles. The molecule has 0 unspecified atom stereocenters. The molecule has 0 bridgehead atoms. The molecule has 0 aliphatic heterocycles. The lowest BCUT2D eigenvalue weighted by atomic mass is 9.60. The van der Waals surface area contributed by atoms with Crippen LogP contribution >= 0.6 is 0 Å². The first kappa shape index (κ1) is 35.2. The highest BCUT2D eigenvalue weighted by Gasteiger charge is 2.36. The van der Waals surface area contributed by atoms with Gasteiger partial charge < -0.3 is 0 Å². The van der Waals surface area contributed by atoms with Crippen LogP contribution in [0.15, 0.2) is 72.8 Å². The summed E-state index contributed by atoms with van der Waals surface area (Å²) >= 11 is 0. The third kappa shape index (κ3) is 4.42. The van der Waals surface area contributed by atoms with E-state index in [1.165, 1.54) is 109 Å². The van der Waals surface area contributed by atoms with Gasteiger partial charge in [0.15, 0.2) is 11.6 Å². The third-order valence-electron chi connectivity index (χ3n) is 14.4. The van der Waals surface area contributed by atoms with Crippen molar-refractivity contribution in [1.29, 1.82) is 0 Å². The van der Waals surface area contributed by atoms with Crippen molar-refractivity contribution in [3.8, 4) is 28.7 Å². The van der Waals surface area contributed by atoms with E-state index >= 15 is 0 Å². The number of fused-ring (bicyclic) bond motifs is 3. The molecule has 0 amide bonds. The van der Waals surface area contributed by atoms with Crippen molar-refractivity contribution < 1.29 is 0 Å². The van der Waals surface area contributed by atoms with E-state index in [-0.39, 0.29) is 5.41 Å². The van der Waals surface area contributed by atoms with E-state index < -0.39 is 0 Å². The molecule has 4 nitrogen and oxygen atoms in total. The zero-order valence-electron chi connectivity index (χ0n) is 34.7. The molecule has 56 heavy (non-hydrogen) atoms. The van der Waals surface area contributed by atoms with Gasteiger partial charge >= 0.3 is 0 Å². The van der Waals surface area contributed by atoms with E-state index in [1.54, 1.807) is 0 Å². The van der Waals surface area contributed by atoms with Gasteiger partial charge in [-0.1, -0.05) is 96.4 Å². The van der Waals surface area contributed by atoms with Crippen LogP contribution in [0.2, 0.25) is 0 Å². The van der Waals surface area contributed by atoms with Crippen LogP contribution < -0.4 is 54.6 Å². The van der Waals surface area contributed by atoms with Gasteiger partial charge in [0.2, 0.25) is 5.95 Å². The lowest BCUT2D eigenvalue weighted by molar-refractivity contribution is 0.663. The Labute approximate surface area is 337 Å². The second-order valence-electron chi connectivity index (χ2n) is 17.1. The van der Waals surface area contributed by atoms with E-state index in [4.69, 9.17) is 15.0 Å². The smallest absolute Gasteiger partial charge is 0.238 e. The molecule has 1 aliphatic rings. The molecule has 0 saturated carbocycles. The zero-order valence-corrected chi connectivity index (χ0v) is 34.7. The Morgan fingerprint density at radius 2 is 0.821 bits per heavy atom. The second-order valence-corrected chi connectivity index (χ2v) is 17.1. The van der Waals surface area contributed by atoms with Gasteiger partial charge in [0.25, 0.3) is 0 Å². The maximum Gasteiger partial charge on any atom is 0.238 e. The van der Waals surface area contributed by atoms with Gasteiger partial charge in [-0.3, -0.25) is 4.57 Å². The Balaban J connectivity index is 1.44. The van der Waals surface area contributed by atoms with Crippen molar-refractivity contribution in [2.45, 2.75) is 19.3 Å². The lowest BCUT2D eigenvalue weighted by Gasteiger charge is -2.22. The monoisotopic (exact) mass is 708 g/mol. The summed E-state index contributed by atoms with van der Waals surface area (Å²) in [4.78, 5) is 16.5. The predicted molar refractivity (Wildman–Crippen MR) is 271 cm³/mol. The van der Waals surface area contributed by atoms with Gasteiger partial charge in [-0.25, -0.2) is 4.98 Å². The van der Waals surface area contributed by atoms with Crippen LogP contribution in [0.25, 0.3) is 82.8 Å². The van der Waals surface area contributed by atoms with Gasteiger partial charge in [-0.2, -0.15) is 9.97 Å². The van der Waals surface area contributed by atoms with Crippen LogP contribution in [0.1, 0.15) is 25.0 Å². The summed E-state index contributed by atoms with van der Waals surface area (Å²) in [5.41, 5.74) is 19.7. The van der Waals surface area contributed by atoms with Crippen LogP contribution in [0.5, 0.6) is 0 Å². The van der Waals surface area contributed by atoms with Crippen molar-refractivity contribution in [3.05, 3.63) is 83.9 Å². The molecule has 2 heterocycles. The number of hydrogen-bond acceptors (Lipinski definition) is 3. The summed E-state index contributed by atoms with van der Waals surface area (Å²) < 4.78 is 2.34. The first-order valence-electron chi connectivity index (χ1n) is 20.0. The van der Waals surface area contributed by atoms with Crippen molar-refractivity contribution in [3.63, 3.8) is 0 Å². The van der Waals surface area contributed by atoms with Crippen LogP contribution in [0, 0.1) is 0 Å². The minimum absolute atomic E-state index is 0.155. The first-order valence-corrected chi connectivity index (χ1v) is 20.0. The summed E-state index contributed by atoms with van der Waals surface area (Å²) in [7, 11) is 22.3. The van der Waals surface area contributed by atoms with Crippen LogP contribution in [-0.4, -0.2) is 98.0 Å². The Morgan fingerprint density at radius 3 is 1.36 bits per heavy atom. The highest BCUT2D eigenvalue weighted by Crippen LogP contribution is 2.52.